The highest BCUT2D eigenvalue weighted by atomic mass is 15.4. The highest BCUT2D eigenvalue weighted by Crippen LogP contribution is 2.28. The van der Waals surface area contributed by atoms with Gasteiger partial charge in [0.15, 0.2) is 17.3 Å². The lowest BCUT2D eigenvalue weighted by atomic mass is 10.2. The zero-order valence-electron chi connectivity index (χ0n) is 14.1. The average molecular weight is 350 g/mol. The summed E-state index contributed by atoms with van der Waals surface area (Å²) in [6.07, 6.45) is 3.84. The summed E-state index contributed by atoms with van der Waals surface area (Å²) in [5.41, 5.74) is 14.3. The Morgan fingerprint density at radius 3 is 2.85 bits per heavy atom. The van der Waals surface area contributed by atoms with E-state index in [1.165, 1.54) is 0 Å². The Hall–Kier alpha value is -3.56. The molecule has 132 valence electrons. The summed E-state index contributed by atoms with van der Waals surface area (Å²) < 4.78 is 3.33. The number of imidazole rings is 1. The lowest BCUT2D eigenvalue weighted by molar-refractivity contribution is 0.802. The van der Waals surface area contributed by atoms with E-state index < -0.39 is 0 Å². The predicted octanol–water partition coefficient (Wildman–Crippen LogP) is 1.49. The largest absolute Gasteiger partial charge is 0.382 e. The molecular weight excluding hydrogens is 332 g/mol. The van der Waals surface area contributed by atoms with E-state index >= 15 is 0 Å². The Bertz CT molecular complexity index is 1140. The number of rotatable bonds is 4. The first-order valence-corrected chi connectivity index (χ1v) is 8.35. The van der Waals surface area contributed by atoms with Crippen LogP contribution in [0.2, 0.25) is 0 Å². The number of hydrogen-bond donors (Lipinski definition) is 4. The zero-order chi connectivity index (χ0) is 17.8. The minimum absolute atomic E-state index is 0.423. The van der Waals surface area contributed by atoms with Crippen LogP contribution in [-0.2, 0) is 7.05 Å². The number of hydrogen-bond acceptors (Lipinski definition) is 8. The molecule has 1 fully saturated rings. The third kappa shape index (κ3) is 2.34. The molecule has 4 aromatic rings. The normalized spacial score (nSPS) is 14.2. The second-order valence-corrected chi connectivity index (χ2v) is 6.49. The maximum absolute atomic E-state index is 5.98. The minimum Gasteiger partial charge on any atom is -0.382 e. The first-order valence-electron chi connectivity index (χ1n) is 8.35. The monoisotopic (exact) mass is 350 g/mol. The highest BCUT2D eigenvalue weighted by Gasteiger charge is 2.24. The molecule has 1 aliphatic rings. The molecule has 0 aliphatic heterocycles. The van der Waals surface area contributed by atoms with Gasteiger partial charge >= 0.3 is 0 Å². The molecular formula is C16H18N10. The fourth-order valence-corrected chi connectivity index (χ4v) is 2.97. The smallest absolute Gasteiger partial charge is 0.247 e. The van der Waals surface area contributed by atoms with Crippen molar-refractivity contribution >= 4 is 45.6 Å². The number of nitrogens with two attached hydrogens (primary N) is 2. The first kappa shape index (κ1) is 14.8. The van der Waals surface area contributed by atoms with E-state index in [0.29, 0.717) is 35.1 Å². The third-order valence-electron chi connectivity index (χ3n) is 4.44. The molecule has 1 saturated carbocycles. The molecule has 3 heterocycles. The van der Waals surface area contributed by atoms with Crippen molar-refractivity contribution in [1.82, 2.24) is 29.4 Å². The van der Waals surface area contributed by atoms with Crippen molar-refractivity contribution in [2.75, 3.05) is 22.1 Å². The molecule has 0 unspecified atom stereocenters. The van der Waals surface area contributed by atoms with Gasteiger partial charge in [-0.1, -0.05) is 0 Å². The summed E-state index contributed by atoms with van der Waals surface area (Å²) in [4.78, 5) is 8.87. The van der Waals surface area contributed by atoms with Crippen molar-refractivity contribution in [1.29, 1.82) is 0 Å². The van der Waals surface area contributed by atoms with Gasteiger partial charge in [-0.25, -0.2) is 4.98 Å². The Morgan fingerprint density at radius 2 is 2.04 bits per heavy atom. The number of benzene rings is 1. The summed E-state index contributed by atoms with van der Waals surface area (Å²) >= 11 is 0. The SMILES string of the molecule is Cn1nc(N)c2cc(Nc3nc(NC4CC4)c4ncc(N)n4n3)ccc21. The van der Waals surface area contributed by atoms with Gasteiger partial charge in [-0.05, 0) is 31.0 Å². The number of aromatic nitrogens is 6. The number of anilines is 5. The molecule has 0 atom stereocenters. The fourth-order valence-electron chi connectivity index (χ4n) is 2.97. The van der Waals surface area contributed by atoms with Gasteiger partial charge in [0.25, 0.3) is 0 Å². The van der Waals surface area contributed by atoms with Crippen LogP contribution in [0, 0.1) is 0 Å². The van der Waals surface area contributed by atoms with Gasteiger partial charge in [0.1, 0.15) is 5.82 Å². The molecule has 0 saturated heterocycles. The van der Waals surface area contributed by atoms with E-state index in [1.54, 1.807) is 15.4 Å². The van der Waals surface area contributed by atoms with Crippen LogP contribution in [0.4, 0.5) is 29.1 Å². The van der Waals surface area contributed by atoms with E-state index in [-0.39, 0.29) is 0 Å². The van der Waals surface area contributed by atoms with E-state index in [2.05, 4.69) is 30.8 Å². The van der Waals surface area contributed by atoms with Gasteiger partial charge in [0.05, 0.1) is 11.7 Å². The van der Waals surface area contributed by atoms with E-state index in [9.17, 15) is 0 Å². The Kier molecular flexibility index (Phi) is 2.96. The molecule has 1 aliphatic carbocycles. The molecule has 0 spiro atoms. The predicted molar refractivity (Wildman–Crippen MR) is 100 cm³/mol. The van der Waals surface area contributed by atoms with Crippen molar-refractivity contribution in [3.63, 3.8) is 0 Å². The molecule has 0 radical (unpaired) electrons. The van der Waals surface area contributed by atoms with Crippen LogP contribution >= 0.6 is 0 Å². The van der Waals surface area contributed by atoms with Gasteiger partial charge < -0.3 is 22.1 Å². The van der Waals surface area contributed by atoms with Crippen molar-refractivity contribution in [3.8, 4) is 0 Å². The molecule has 3 aromatic heterocycles. The van der Waals surface area contributed by atoms with Crippen molar-refractivity contribution < 1.29 is 0 Å². The van der Waals surface area contributed by atoms with E-state index in [1.807, 2.05) is 25.2 Å². The number of nitrogens with one attached hydrogen (secondary N) is 2. The molecule has 0 amide bonds. The van der Waals surface area contributed by atoms with Crippen molar-refractivity contribution in [2.24, 2.45) is 7.05 Å². The van der Waals surface area contributed by atoms with E-state index in [4.69, 9.17) is 11.5 Å². The van der Waals surface area contributed by atoms with Crippen LogP contribution in [0.3, 0.4) is 0 Å². The number of nitrogens with zero attached hydrogens (tertiary/aromatic N) is 6. The summed E-state index contributed by atoms with van der Waals surface area (Å²) in [5.74, 6) is 2.03. The maximum Gasteiger partial charge on any atom is 0.247 e. The number of aryl methyl sites for hydroxylation is 1. The molecule has 10 nitrogen and oxygen atoms in total. The maximum atomic E-state index is 5.98. The summed E-state index contributed by atoms with van der Waals surface area (Å²) in [5, 5.41) is 16.1. The van der Waals surface area contributed by atoms with Crippen molar-refractivity contribution in [2.45, 2.75) is 18.9 Å². The molecule has 6 N–H and O–H groups in total. The van der Waals surface area contributed by atoms with E-state index in [0.717, 1.165) is 29.4 Å². The molecule has 26 heavy (non-hydrogen) atoms. The van der Waals surface area contributed by atoms with Gasteiger partial charge in [0.2, 0.25) is 5.95 Å². The second-order valence-electron chi connectivity index (χ2n) is 6.49. The molecule has 10 heteroatoms. The average Bonchev–Trinajstić information content (AvgIpc) is 3.29. The Labute approximate surface area is 148 Å². The lowest BCUT2D eigenvalue weighted by Gasteiger charge is -2.10. The second kappa shape index (κ2) is 5.22. The summed E-state index contributed by atoms with van der Waals surface area (Å²) in [7, 11) is 1.86. The van der Waals surface area contributed by atoms with Crippen LogP contribution in [0.1, 0.15) is 12.8 Å². The topological polar surface area (TPSA) is 137 Å². The third-order valence-corrected chi connectivity index (χ3v) is 4.44. The van der Waals surface area contributed by atoms with Gasteiger partial charge in [-0.15, -0.1) is 5.10 Å². The minimum atomic E-state index is 0.423. The summed E-state index contributed by atoms with van der Waals surface area (Å²) in [6, 6.07) is 6.25. The van der Waals surface area contributed by atoms with Crippen LogP contribution in [0.5, 0.6) is 0 Å². The van der Waals surface area contributed by atoms with Gasteiger partial charge in [-0.2, -0.15) is 14.6 Å². The molecule has 5 rings (SSSR count). The molecule has 0 bridgehead atoms. The highest BCUT2D eigenvalue weighted by molar-refractivity contribution is 5.92. The fraction of sp³-hybridized carbons (Fsp3) is 0.250. The van der Waals surface area contributed by atoms with Gasteiger partial charge in [0, 0.05) is 24.2 Å². The first-order chi connectivity index (χ1) is 12.6. The van der Waals surface area contributed by atoms with Gasteiger partial charge in [-0.3, -0.25) is 4.68 Å². The summed E-state index contributed by atoms with van der Waals surface area (Å²) in [6.45, 7) is 0. The zero-order valence-corrected chi connectivity index (χ0v) is 14.1. The van der Waals surface area contributed by atoms with Crippen LogP contribution < -0.4 is 22.1 Å². The van der Waals surface area contributed by atoms with Crippen LogP contribution in [0.15, 0.2) is 24.4 Å². The Morgan fingerprint density at radius 1 is 1.19 bits per heavy atom. The quantitative estimate of drug-likeness (QED) is 0.434. The van der Waals surface area contributed by atoms with Crippen molar-refractivity contribution in [3.05, 3.63) is 24.4 Å². The number of fused-ring (bicyclic) bond motifs is 2. The lowest BCUT2D eigenvalue weighted by Crippen LogP contribution is -2.11. The molecule has 1 aromatic carbocycles. The Balaban J connectivity index is 1.56. The standard InChI is InChI=1S/C16H18N10/c1-25-11-5-4-9(6-10(11)13(18)23-25)21-16-22-14(20-8-2-3-8)15-19-7-12(17)26(15)24-16/h4-8H,2-3,17H2,1H3,(H2,18,23)(H2,20,21,22,24). The number of nitrogen functional groups attached to an aromatic ring is 2. The van der Waals surface area contributed by atoms with Crippen LogP contribution in [0.25, 0.3) is 16.6 Å². The van der Waals surface area contributed by atoms with Crippen LogP contribution in [-0.4, -0.2) is 35.4 Å².